The third-order valence-corrected chi connectivity index (χ3v) is 5.11. The van der Waals surface area contributed by atoms with Gasteiger partial charge in [-0.3, -0.25) is 0 Å². The maximum Gasteiger partial charge on any atom is 0.130 e. The van der Waals surface area contributed by atoms with Gasteiger partial charge in [0.2, 0.25) is 0 Å². The van der Waals surface area contributed by atoms with Crippen LogP contribution in [0.1, 0.15) is 22.3 Å². The van der Waals surface area contributed by atoms with Gasteiger partial charge in [0.1, 0.15) is 11.5 Å². The van der Waals surface area contributed by atoms with Crippen LogP contribution < -0.4 is 4.74 Å². The number of rotatable bonds is 10. The molecule has 0 aliphatic heterocycles. The van der Waals surface area contributed by atoms with E-state index in [1.54, 1.807) is 0 Å². The first-order chi connectivity index (χ1) is 16.8. The Labute approximate surface area is 202 Å². The molecule has 0 heterocycles. The zero-order valence-corrected chi connectivity index (χ0v) is 19.3. The van der Waals surface area contributed by atoms with Crippen LogP contribution in [-0.2, 0) is 17.6 Å². The van der Waals surface area contributed by atoms with E-state index in [9.17, 15) is 0 Å². The predicted molar refractivity (Wildman–Crippen MR) is 136 cm³/mol. The van der Waals surface area contributed by atoms with Crippen molar-refractivity contribution < 1.29 is 19.7 Å². The molecule has 0 atom stereocenters. The molecule has 0 radical (unpaired) electrons. The van der Waals surface area contributed by atoms with Gasteiger partial charge in [-0.2, -0.15) is 0 Å². The molecule has 4 nitrogen and oxygen atoms in total. The largest absolute Gasteiger partial charge is 0.457 e. The summed E-state index contributed by atoms with van der Waals surface area (Å²) in [5, 5.41) is 16.2. The van der Waals surface area contributed by atoms with Crippen LogP contribution in [0.25, 0.3) is 0 Å². The van der Waals surface area contributed by atoms with Crippen molar-refractivity contribution in [3.63, 3.8) is 0 Å². The minimum atomic E-state index is 0.0278. The number of aliphatic hydroxyl groups is 2. The summed E-state index contributed by atoms with van der Waals surface area (Å²) in [7, 11) is 0. The topological polar surface area (TPSA) is 58.9 Å². The molecule has 0 aliphatic carbocycles. The van der Waals surface area contributed by atoms with E-state index in [1.165, 1.54) is 22.3 Å². The van der Waals surface area contributed by atoms with Gasteiger partial charge in [0.05, 0.1) is 26.4 Å². The first kappa shape index (κ1) is 25.2. The van der Waals surface area contributed by atoms with Crippen molar-refractivity contribution in [3.8, 4) is 11.5 Å². The number of aliphatic hydroxyl groups excluding tert-OH is 2. The first-order valence-electron chi connectivity index (χ1n) is 11.5. The van der Waals surface area contributed by atoms with E-state index in [1.807, 2.05) is 24.3 Å². The van der Waals surface area contributed by atoms with Crippen molar-refractivity contribution in [1.29, 1.82) is 0 Å². The van der Waals surface area contributed by atoms with Crippen LogP contribution >= 0.6 is 0 Å². The van der Waals surface area contributed by atoms with E-state index >= 15 is 0 Å². The van der Waals surface area contributed by atoms with Gasteiger partial charge >= 0.3 is 0 Å². The second kappa shape index (κ2) is 14.7. The molecule has 4 heteroatoms. The molecule has 0 saturated carbocycles. The quantitative estimate of drug-likeness (QED) is 0.303. The highest BCUT2D eigenvalue weighted by Crippen LogP contribution is 2.30. The van der Waals surface area contributed by atoms with E-state index in [0.717, 1.165) is 24.3 Å². The highest BCUT2D eigenvalue weighted by atomic mass is 16.5. The van der Waals surface area contributed by atoms with E-state index < -0.39 is 0 Å². The molecule has 4 aromatic rings. The Balaban J connectivity index is 0.000000406. The molecule has 0 saturated heterocycles. The van der Waals surface area contributed by atoms with Crippen molar-refractivity contribution in [2.75, 3.05) is 26.4 Å². The molecule has 0 unspecified atom stereocenters. The molecule has 4 rings (SSSR count). The molecule has 0 aromatic heterocycles. The molecular weight excluding hydrogens is 424 g/mol. The third-order valence-electron chi connectivity index (χ3n) is 5.11. The van der Waals surface area contributed by atoms with Crippen molar-refractivity contribution >= 4 is 0 Å². The van der Waals surface area contributed by atoms with Crippen LogP contribution in [0.4, 0.5) is 0 Å². The predicted octanol–water partition coefficient (Wildman–Crippen LogP) is 5.65. The first-order valence-corrected chi connectivity index (χ1v) is 11.5. The lowest BCUT2D eigenvalue weighted by molar-refractivity contribution is 0.0650. The van der Waals surface area contributed by atoms with Gasteiger partial charge in [0, 0.05) is 12.8 Å². The maximum absolute atomic E-state index is 8.09. The smallest absolute Gasteiger partial charge is 0.130 e. The van der Waals surface area contributed by atoms with Crippen molar-refractivity contribution in [2.45, 2.75) is 12.8 Å². The monoisotopic (exact) mass is 456 g/mol. The molecule has 0 amide bonds. The molecule has 2 N–H and O–H groups in total. The Bertz CT molecular complexity index is 994. The Morgan fingerprint density at radius 1 is 0.471 bits per heavy atom. The number of hydrogen-bond acceptors (Lipinski definition) is 4. The summed E-state index contributed by atoms with van der Waals surface area (Å²) in [4.78, 5) is 0. The van der Waals surface area contributed by atoms with Crippen LogP contribution in [-0.4, -0.2) is 36.6 Å². The average Bonchev–Trinajstić information content (AvgIpc) is 2.88. The summed E-state index contributed by atoms with van der Waals surface area (Å²) in [5.41, 5.74) is 4.95. The Morgan fingerprint density at radius 2 is 0.853 bits per heavy atom. The fraction of sp³-hybridized carbons (Fsp3) is 0.200. The molecule has 0 aliphatic rings. The number of benzene rings is 4. The second-order valence-electron chi connectivity index (χ2n) is 7.70. The van der Waals surface area contributed by atoms with E-state index in [-0.39, 0.29) is 13.2 Å². The van der Waals surface area contributed by atoms with Gasteiger partial charge in [-0.15, -0.1) is 0 Å². The van der Waals surface area contributed by atoms with Gasteiger partial charge in [-0.1, -0.05) is 97.1 Å². The van der Waals surface area contributed by atoms with Crippen LogP contribution in [0.3, 0.4) is 0 Å². The Kier molecular flexibility index (Phi) is 10.9. The van der Waals surface area contributed by atoms with Crippen molar-refractivity contribution in [3.05, 3.63) is 131 Å². The molecule has 0 fully saturated rings. The second-order valence-corrected chi connectivity index (χ2v) is 7.70. The molecule has 0 spiro atoms. The minimum Gasteiger partial charge on any atom is -0.457 e. The van der Waals surface area contributed by atoms with E-state index in [4.69, 9.17) is 14.9 Å². The summed E-state index contributed by atoms with van der Waals surface area (Å²) in [5.74, 6) is 1.84. The number of hydrogen-bond donors (Lipinski definition) is 2. The van der Waals surface area contributed by atoms with Gasteiger partial charge in [0.25, 0.3) is 0 Å². The lowest BCUT2D eigenvalue weighted by Gasteiger charge is -2.14. The van der Waals surface area contributed by atoms with Gasteiger partial charge in [-0.25, -0.2) is 0 Å². The summed E-state index contributed by atoms with van der Waals surface area (Å²) < 4.78 is 11.0. The molecule has 0 bridgehead atoms. The van der Waals surface area contributed by atoms with Crippen molar-refractivity contribution in [1.82, 2.24) is 0 Å². The van der Waals surface area contributed by atoms with Crippen molar-refractivity contribution in [2.24, 2.45) is 0 Å². The number of para-hydroxylation sites is 2. The Hall–Kier alpha value is -3.44. The molecule has 4 aromatic carbocycles. The normalized spacial score (nSPS) is 10.3. The lowest BCUT2D eigenvalue weighted by atomic mass is 10.0. The molecule has 34 heavy (non-hydrogen) atoms. The highest BCUT2D eigenvalue weighted by Gasteiger charge is 2.09. The zero-order chi connectivity index (χ0) is 23.8. The maximum atomic E-state index is 8.09. The van der Waals surface area contributed by atoms with Crippen LogP contribution in [0.5, 0.6) is 11.5 Å². The Morgan fingerprint density at radius 3 is 1.26 bits per heavy atom. The fourth-order valence-electron chi connectivity index (χ4n) is 3.48. The lowest BCUT2D eigenvalue weighted by Crippen LogP contribution is -2.03. The van der Waals surface area contributed by atoms with E-state index in [0.29, 0.717) is 13.2 Å². The summed E-state index contributed by atoms with van der Waals surface area (Å²) in [6.07, 6.45) is 1.72. The SMILES string of the molecule is OCCOCCO.c1ccc(Cc2ccccc2Oc2ccccc2Cc2ccccc2)cc1. The summed E-state index contributed by atoms with van der Waals surface area (Å²) >= 11 is 0. The average molecular weight is 457 g/mol. The third kappa shape index (κ3) is 8.49. The molecule has 176 valence electrons. The van der Waals surface area contributed by atoms with Crippen LogP contribution in [0, 0.1) is 0 Å². The van der Waals surface area contributed by atoms with Crippen LogP contribution in [0.2, 0.25) is 0 Å². The van der Waals surface area contributed by atoms with E-state index in [2.05, 4.69) is 89.7 Å². The van der Waals surface area contributed by atoms with Crippen LogP contribution in [0.15, 0.2) is 109 Å². The number of ether oxygens (including phenoxy) is 2. The van der Waals surface area contributed by atoms with Gasteiger partial charge < -0.3 is 19.7 Å². The zero-order valence-electron chi connectivity index (χ0n) is 19.3. The summed E-state index contributed by atoms with van der Waals surface area (Å²) in [6.45, 7) is 0.696. The fourth-order valence-corrected chi connectivity index (χ4v) is 3.48. The highest BCUT2D eigenvalue weighted by molar-refractivity contribution is 5.44. The summed E-state index contributed by atoms with van der Waals surface area (Å²) in [6, 6.07) is 37.6. The van der Waals surface area contributed by atoms with Gasteiger partial charge in [-0.05, 0) is 34.4 Å². The van der Waals surface area contributed by atoms with Gasteiger partial charge in [0.15, 0.2) is 0 Å². The minimum absolute atomic E-state index is 0.0278. The molecular formula is C30H32O4. The standard InChI is InChI=1S/C26H22O.C4H10O3/c1-3-11-21(12-4-1)19-23-15-7-9-17-25(23)27-26-18-10-8-16-24(26)20-22-13-5-2-6-14-22;5-1-3-7-4-2-6/h1-18H,19-20H2;5-6H,1-4H2.